The van der Waals surface area contributed by atoms with Gasteiger partial charge in [-0.05, 0) is 39.5 Å². The molecule has 1 saturated carbocycles. The molecule has 2 fully saturated rings. The van der Waals surface area contributed by atoms with Gasteiger partial charge in [0.25, 0.3) is 0 Å². The van der Waals surface area contributed by atoms with Crippen molar-refractivity contribution in [3.05, 3.63) is 0 Å². The van der Waals surface area contributed by atoms with Crippen LogP contribution in [-0.2, 0) is 9.53 Å². The van der Waals surface area contributed by atoms with Crippen LogP contribution in [-0.4, -0.2) is 42.1 Å². The van der Waals surface area contributed by atoms with Crippen LogP contribution in [0.4, 0.5) is 0 Å². The van der Waals surface area contributed by atoms with Gasteiger partial charge in [0.05, 0.1) is 6.61 Å². The number of ether oxygens (including phenoxy) is 1. The molecule has 1 atom stereocenters. The molecule has 2 rings (SSSR count). The highest BCUT2D eigenvalue weighted by Gasteiger charge is 2.34. The van der Waals surface area contributed by atoms with Gasteiger partial charge in [-0.3, -0.25) is 4.79 Å². The van der Waals surface area contributed by atoms with Crippen LogP contribution in [0.3, 0.4) is 0 Å². The molecule has 1 amide bonds. The standard InChI is InChI=1S/C14H26N2O2/c1-14(2,15)7-5-13(17)16(12-3-4-12)9-11-6-8-18-10-11/h11-12H,3-10,15H2,1-2H3. The summed E-state index contributed by atoms with van der Waals surface area (Å²) >= 11 is 0. The first-order valence-corrected chi connectivity index (χ1v) is 7.12. The molecule has 0 aromatic carbocycles. The molecule has 0 radical (unpaired) electrons. The van der Waals surface area contributed by atoms with Crippen molar-refractivity contribution in [2.75, 3.05) is 19.8 Å². The maximum atomic E-state index is 12.3. The summed E-state index contributed by atoms with van der Waals surface area (Å²) in [5, 5.41) is 0. The first-order chi connectivity index (χ1) is 8.46. The summed E-state index contributed by atoms with van der Waals surface area (Å²) in [5.74, 6) is 0.823. The van der Waals surface area contributed by atoms with E-state index in [1.807, 2.05) is 13.8 Å². The summed E-state index contributed by atoms with van der Waals surface area (Å²) in [4.78, 5) is 14.4. The predicted molar refractivity (Wildman–Crippen MR) is 71.2 cm³/mol. The second-order valence-electron chi connectivity index (χ2n) is 6.50. The molecule has 2 N–H and O–H groups in total. The third kappa shape index (κ3) is 4.25. The maximum absolute atomic E-state index is 12.3. The first kappa shape index (κ1) is 13.8. The third-order valence-electron chi connectivity index (χ3n) is 3.77. The van der Waals surface area contributed by atoms with Crippen molar-refractivity contribution in [2.24, 2.45) is 11.7 Å². The Morgan fingerprint density at radius 3 is 2.61 bits per heavy atom. The topological polar surface area (TPSA) is 55.6 Å². The van der Waals surface area contributed by atoms with Gasteiger partial charge in [-0.15, -0.1) is 0 Å². The molecule has 1 aliphatic heterocycles. The Kier molecular flexibility index (Phi) is 4.28. The number of nitrogens with zero attached hydrogens (tertiary/aromatic N) is 1. The number of hydrogen-bond donors (Lipinski definition) is 1. The Morgan fingerprint density at radius 2 is 2.11 bits per heavy atom. The van der Waals surface area contributed by atoms with E-state index in [0.29, 0.717) is 18.4 Å². The summed E-state index contributed by atoms with van der Waals surface area (Å²) in [6, 6.07) is 0.499. The predicted octanol–water partition coefficient (Wildman–Crippen LogP) is 1.53. The van der Waals surface area contributed by atoms with Crippen molar-refractivity contribution in [3.63, 3.8) is 0 Å². The van der Waals surface area contributed by atoms with E-state index >= 15 is 0 Å². The van der Waals surface area contributed by atoms with Gasteiger partial charge in [-0.25, -0.2) is 0 Å². The first-order valence-electron chi connectivity index (χ1n) is 7.12. The fourth-order valence-corrected chi connectivity index (χ4v) is 2.42. The van der Waals surface area contributed by atoms with Crippen LogP contribution in [0.1, 0.15) is 46.0 Å². The summed E-state index contributed by atoms with van der Waals surface area (Å²) in [5.41, 5.74) is 5.70. The number of carbonyl (C=O) groups excluding carboxylic acids is 1. The van der Waals surface area contributed by atoms with Gasteiger partial charge in [0.2, 0.25) is 5.91 Å². The highest BCUT2D eigenvalue weighted by atomic mass is 16.5. The molecule has 1 heterocycles. The normalized spacial score (nSPS) is 24.3. The summed E-state index contributed by atoms with van der Waals surface area (Å²) in [6.45, 7) is 6.51. The lowest BCUT2D eigenvalue weighted by Crippen LogP contribution is -2.39. The van der Waals surface area contributed by atoms with Crippen LogP contribution in [0.15, 0.2) is 0 Å². The van der Waals surface area contributed by atoms with Crippen molar-refractivity contribution < 1.29 is 9.53 Å². The lowest BCUT2D eigenvalue weighted by Gasteiger charge is -2.27. The van der Waals surface area contributed by atoms with E-state index in [0.717, 1.165) is 32.6 Å². The Morgan fingerprint density at radius 1 is 1.39 bits per heavy atom. The van der Waals surface area contributed by atoms with Crippen LogP contribution in [0.2, 0.25) is 0 Å². The molecular formula is C14H26N2O2. The minimum absolute atomic E-state index is 0.249. The minimum atomic E-state index is -0.249. The highest BCUT2D eigenvalue weighted by molar-refractivity contribution is 5.77. The van der Waals surface area contributed by atoms with Gasteiger partial charge >= 0.3 is 0 Å². The van der Waals surface area contributed by atoms with Crippen molar-refractivity contribution in [1.29, 1.82) is 0 Å². The molecule has 0 spiro atoms. The van der Waals surface area contributed by atoms with Gasteiger partial charge in [0.1, 0.15) is 0 Å². The zero-order valence-corrected chi connectivity index (χ0v) is 11.7. The van der Waals surface area contributed by atoms with Crippen LogP contribution in [0.25, 0.3) is 0 Å². The molecule has 1 saturated heterocycles. The molecule has 1 unspecified atom stereocenters. The van der Waals surface area contributed by atoms with Gasteiger partial charge in [0, 0.05) is 37.1 Å². The van der Waals surface area contributed by atoms with Crippen LogP contribution in [0.5, 0.6) is 0 Å². The second-order valence-corrected chi connectivity index (χ2v) is 6.50. The minimum Gasteiger partial charge on any atom is -0.381 e. The Bertz CT molecular complexity index is 289. The zero-order chi connectivity index (χ0) is 13.2. The molecule has 1 aliphatic carbocycles. The molecular weight excluding hydrogens is 228 g/mol. The Balaban J connectivity index is 1.82. The molecule has 0 bridgehead atoms. The number of amides is 1. The van der Waals surface area contributed by atoms with Crippen LogP contribution < -0.4 is 5.73 Å². The molecule has 2 aliphatic rings. The van der Waals surface area contributed by atoms with Gasteiger partial charge in [0.15, 0.2) is 0 Å². The number of hydrogen-bond acceptors (Lipinski definition) is 3. The largest absolute Gasteiger partial charge is 0.381 e. The van der Waals surface area contributed by atoms with Crippen molar-refractivity contribution >= 4 is 5.91 Å². The highest BCUT2D eigenvalue weighted by Crippen LogP contribution is 2.30. The smallest absolute Gasteiger partial charge is 0.222 e. The summed E-state index contributed by atoms with van der Waals surface area (Å²) in [6.07, 6.45) is 4.78. The Labute approximate surface area is 110 Å². The quantitative estimate of drug-likeness (QED) is 0.782. The maximum Gasteiger partial charge on any atom is 0.222 e. The van der Waals surface area contributed by atoms with Gasteiger partial charge in [-0.2, -0.15) is 0 Å². The molecule has 18 heavy (non-hydrogen) atoms. The molecule has 4 heteroatoms. The van der Waals surface area contributed by atoms with Gasteiger partial charge in [-0.1, -0.05) is 0 Å². The fourth-order valence-electron chi connectivity index (χ4n) is 2.42. The SMILES string of the molecule is CC(C)(N)CCC(=O)N(CC1CCOC1)C1CC1. The van der Waals surface area contributed by atoms with E-state index in [9.17, 15) is 4.79 Å². The van der Waals surface area contributed by atoms with Gasteiger partial charge < -0.3 is 15.4 Å². The van der Waals surface area contributed by atoms with E-state index in [-0.39, 0.29) is 11.4 Å². The zero-order valence-electron chi connectivity index (χ0n) is 11.7. The Hall–Kier alpha value is -0.610. The van der Waals surface area contributed by atoms with E-state index < -0.39 is 0 Å². The van der Waals surface area contributed by atoms with Crippen molar-refractivity contribution in [1.82, 2.24) is 4.90 Å². The lowest BCUT2D eigenvalue weighted by atomic mass is 9.99. The van der Waals surface area contributed by atoms with Crippen LogP contribution in [0, 0.1) is 5.92 Å². The second kappa shape index (κ2) is 5.57. The number of nitrogens with two attached hydrogens (primary N) is 1. The summed E-state index contributed by atoms with van der Waals surface area (Å²) in [7, 11) is 0. The lowest BCUT2D eigenvalue weighted by molar-refractivity contribution is -0.132. The molecule has 4 nitrogen and oxygen atoms in total. The molecule has 0 aromatic heterocycles. The van der Waals surface area contributed by atoms with E-state index in [1.54, 1.807) is 0 Å². The number of rotatable bonds is 6. The average Bonchev–Trinajstić information content (AvgIpc) is 2.99. The average molecular weight is 254 g/mol. The summed E-state index contributed by atoms with van der Waals surface area (Å²) < 4.78 is 5.39. The van der Waals surface area contributed by atoms with Crippen molar-refractivity contribution in [2.45, 2.75) is 57.5 Å². The van der Waals surface area contributed by atoms with E-state index in [4.69, 9.17) is 10.5 Å². The molecule has 0 aromatic rings. The fraction of sp³-hybridized carbons (Fsp3) is 0.929. The van der Waals surface area contributed by atoms with E-state index in [2.05, 4.69) is 4.90 Å². The number of carbonyl (C=O) groups is 1. The van der Waals surface area contributed by atoms with Crippen LogP contribution >= 0.6 is 0 Å². The monoisotopic (exact) mass is 254 g/mol. The van der Waals surface area contributed by atoms with Crippen molar-refractivity contribution in [3.8, 4) is 0 Å². The van der Waals surface area contributed by atoms with E-state index in [1.165, 1.54) is 12.8 Å². The molecule has 104 valence electrons. The third-order valence-corrected chi connectivity index (χ3v) is 3.77.